The normalized spacial score (nSPS) is 18.1. The van der Waals surface area contributed by atoms with Gasteiger partial charge in [0.2, 0.25) is 0 Å². The van der Waals surface area contributed by atoms with Gasteiger partial charge in [-0.15, -0.1) is 0 Å². The van der Waals surface area contributed by atoms with Crippen LogP contribution in [0.1, 0.15) is 29.7 Å². The van der Waals surface area contributed by atoms with Crippen LogP contribution in [0.2, 0.25) is 0 Å². The average molecular weight is 380 g/mol. The van der Waals surface area contributed by atoms with E-state index in [1.807, 2.05) is 17.2 Å². The monoisotopic (exact) mass is 380 g/mol. The van der Waals surface area contributed by atoms with Crippen molar-refractivity contribution in [3.63, 3.8) is 0 Å². The maximum Gasteiger partial charge on any atom is 0.251 e. The minimum atomic E-state index is -2.58. The molecule has 8 heteroatoms. The number of aromatic amines is 1. The number of aromatic nitrogens is 4. The average Bonchev–Trinajstić information content (AvgIpc) is 3.37. The first-order valence-corrected chi connectivity index (χ1v) is 9.21. The van der Waals surface area contributed by atoms with Gasteiger partial charge in [0.05, 0.1) is 24.1 Å². The first-order valence-electron chi connectivity index (χ1n) is 9.21. The van der Waals surface area contributed by atoms with E-state index < -0.39 is 5.92 Å². The minimum absolute atomic E-state index is 0.149. The van der Waals surface area contributed by atoms with Crippen molar-refractivity contribution in [2.75, 3.05) is 18.0 Å². The summed E-state index contributed by atoms with van der Waals surface area (Å²) < 4.78 is 26.9. The van der Waals surface area contributed by atoms with Crippen LogP contribution in [0, 0.1) is 0 Å². The molecule has 1 fully saturated rings. The van der Waals surface area contributed by atoms with Gasteiger partial charge >= 0.3 is 0 Å². The first-order chi connectivity index (χ1) is 13.6. The summed E-state index contributed by atoms with van der Waals surface area (Å²) in [6.45, 7) is 1.18. The Hall–Kier alpha value is -3.16. The number of rotatable bonds is 3. The van der Waals surface area contributed by atoms with Crippen molar-refractivity contribution >= 4 is 11.5 Å². The summed E-state index contributed by atoms with van der Waals surface area (Å²) in [6, 6.07) is 8.07. The second-order valence-electron chi connectivity index (χ2n) is 7.13. The number of piperidine rings is 1. The Labute approximate surface area is 160 Å². The number of hydrogen-bond acceptors (Lipinski definition) is 5. The van der Waals surface area contributed by atoms with E-state index >= 15 is 0 Å². The molecule has 3 aromatic rings. The maximum atomic E-state index is 13.5. The fourth-order valence-electron chi connectivity index (χ4n) is 3.70. The van der Waals surface area contributed by atoms with Crippen LogP contribution in [0.15, 0.2) is 48.0 Å². The third-order valence-corrected chi connectivity index (χ3v) is 5.32. The van der Waals surface area contributed by atoms with Gasteiger partial charge in [-0.25, -0.2) is 18.7 Å². The summed E-state index contributed by atoms with van der Waals surface area (Å²) >= 11 is 0. The van der Waals surface area contributed by atoms with Crippen molar-refractivity contribution in [2.24, 2.45) is 4.99 Å². The summed E-state index contributed by atoms with van der Waals surface area (Å²) in [5.74, 6) is -1.91. The number of nitrogens with one attached hydrogen (secondary N) is 1. The predicted molar refractivity (Wildman–Crippen MR) is 102 cm³/mol. The van der Waals surface area contributed by atoms with Crippen LogP contribution in [-0.2, 0) is 6.54 Å². The Morgan fingerprint density at radius 2 is 1.89 bits per heavy atom. The summed E-state index contributed by atoms with van der Waals surface area (Å²) in [5.41, 5.74) is 5.76. The van der Waals surface area contributed by atoms with Crippen molar-refractivity contribution in [3.8, 4) is 11.1 Å². The molecule has 0 unspecified atom stereocenters. The number of halogens is 2. The smallest absolute Gasteiger partial charge is 0.251 e. The highest BCUT2D eigenvalue weighted by atomic mass is 19.3. The molecule has 0 atom stereocenters. The molecule has 2 aromatic heterocycles. The van der Waals surface area contributed by atoms with Crippen LogP contribution in [0.25, 0.3) is 11.1 Å². The van der Waals surface area contributed by atoms with Crippen LogP contribution in [0.4, 0.5) is 14.6 Å². The molecule has 6 nitrogen and oxygen atoms in total. The lowest BCUT2D eigenvalue weighted by Crippen LogP contribution is -2.39. The van der Waals surface area contributed by atoms with Crippen LogP contribution < -0.4 is 4.90 Å². The third kappa shape index (κ3) is 3.04. The third-order valence-electron chi connectivity index (χ3n) is 5.32. The van der Waals surface area contributed by atoms with Gasteiger partial charge in [-0.05, 0) is 17.2 Å². The number of nitrogens with zero attached hydrogens (tertiary/aromatic N) is 5. The Bertz CT molecular complexity index is 1030. The van der Waals surface area contributed by atoms with Crippen LogP contribution in [0.5, 0.6) is 0 Å². The molecule has 1 N–H and O–H groups in total. The zero-order chi connectivity index (χ0) is 19.1. The molecule has 0 amide bonds. The van der Waals surface area contributed by atoms with Crippen LogP contribution >= 0.6 is 0 Å². The molecule has 5 rings (SSSR count). The fraction of sp³-hybridized carbons (Fsp3) is 0.300. The van der Waals surface area contributed by atoms with Crippen LogP contribution in [-0.4, -0.2) is 44.9 Å². The van der Waals surface area contributed by atoms with Crippen molar-refractivity contribution < 1.29 is 8.78 Å². The Kier molecular flexibility index (Phi) is 3.92. The number of benzene rings is 1. The molecule has 0 saturated carbocycles. The van der Waals surface area contributed by atoms with Gasteiger partial charge in [0.25, 0.3) is 5.92 Å². The van der Waals surface area contributed by atoms with E-state index in [1.165, 1.54) is 6.33 Å². The summed E-state index contributed by atoms with van der Waals surface area (Å²) in [4.78, 5) is 15.3. The Balaban J connectivity index is 1.45. The lowest BCUT2D eigenvalue weighted by Gasteiger charge is -2.32. The van der Waals surface area contributed by atoms with Crippen molar-refractivity contribution in [3.05, 3.63) is 59.8 Å². The SMILES string of the molecule is FC1(F)CCN(c2cc(C3=NCc4ccc(-c5cn[nH]c5)cc43)ncn2)CC1. The van der Waals surface area contributed by atoms with E-state index in [-0.39, 0.29) is 25.9 Å². The van der Waals surface area contributed by atoms with E-state index in [0.29, 0.717) is 18.1 Å². The molecule has 142 valence electrons. The molecule has 28 heavy (non-hydrogen) atoms. The Morgan fingerprint density at radius 3 is 2.68 bits per heavy atom. The second kappa shape index (κ2) is 6.47. The molecule has 1 saturated heterocycles. The number of hydrogen-bond donors (Lipinski definition) is 1. The number of fused-ring (bicyclic) bond motifs is 1. The number of alkyl halides is 2. The summed E-state index contributed by atoms with van der Waals surface area (Å²) in [6.07, 6.45) is 4.82. The molecule has 4 heterocycles. The van der Waals surface area contributed by atoms with Gasteiger partial charge in [-0.1, -0.05) is 12.1 Å². The van der Waals surface area contributed by atoms with Gasteiger partial charge < -0.3 is 4.90 Å². The molecular formula is C20H18F2N6. The fourth-order valence-corrected chi connectivity index (χ4v) is 3.70. The van der Waals surface area contributed by atoms with Crippen LogP contribution in [0.3, 0.4) is 0 Å². The summed E-state index contributed by atoms with van der Waals surface area (Å²) in [7, 11) is 0. The molecule has 0 spiro atoms. The predicted octanol–water partition coefficient (Wildman–Crippen LogP) is 3.45. The highest BCUT2D eigenvalue weighted by Crippen LogP contribution is 2.31. The van der Waals surface area contributed by atoms with E-state index in [2.05, 4.69) is 43.4 Å². The quantitative estimate of drug-likeness (QED) is 0.756. The lowest BCUT2D eigenvalue weighted by molar-refractivity contribution is -0.0221. The molecule has 0 aliphatic carbocycles. The molecule has 0 bridgehead atoms. The van der Waals surface area contributed by atoms with Crippen molar-refractivity contribution in [1.82, 2.24) is 20.2 Å². The number of H-pyrrole nitrogens is 1. The van der Waals surface area contributed by atoms with Gasteiger partial charge in [0.1, 0.15) is 12.1 Å². The largest absolute Gasteiger partial charge is 0.356 e. The standard InChI is InChI=1S/C20H18F2N6/c21-20(22)3-5-28(6-4-20)18-8-17(24-12-25-18)19-16-7-13(15-10-26-27-11-15)1-2-14(16)9-23-19/h1-2,7-8,10-12H,3-6,9H2,(H,26,27). The molecule has 0 radical (unpaired) electrons. The van der Waals surface area contributed by atoms with E-state index in [1.54, 1.807) is 6.20 Å². The molecule has 2 aliphatic heterocycles. The topological polar surface area (TPSA) is 70.1 Å². The zero-order valence-corrected chi connectivity index (χ0v) is 15.1. The van der Waals surface area contributed by atoms with Gasteiger partial charge in [0, 0.05) is 49.3 Å². The Morgan fingerprint density at radius 1 is 1.04 bits per heavy atom. The zero-order valence-electron chi connectivity index (χ0n) is 15.1. The van der Waals surface area contributed by atoms with E-state index in [9.17, 15) is 8.78 Å². The molecular weight excluding hydrogens is 362 g/mol. The van der Waals surface area contributed by atoms with Crippen molar-refractivity contribution in [2.45, 2.75) is 25.3 Å². The number of anilines is 1. The molecule has 2 aliphatic rings. The maximum absolute atomic E-state index is 13.5. The van der Waals surface area contributed by atoms with Crippen molar-refractivity contribution in [1.29, 1.82) is 0 Å². The lowest BCUT2D eigenvalue weighted by atomic mass is 9.98. The van der Waals surface area contributed by atoms with Gasteiger partial charge in [-0.2, -0.15) is 5.10 Å². The van der Waals surface area contributed by atoms with E-state index in [0.717, 1.165) is 28.0 Å². The minimum Gasteiger partial charge on any atom is -0.356 e. The number of aliphatic imine (C=N–C) groups is 1. The second-order valence-corrected chi connectivity index (χ2v) is 7.13. The van der Waals surface area contributed by atoms with Gasteiger partial charge in [0.15, 0.2) is 0 Å². The first kappa shape index (κ1) is 17.0. The molecule has 1 aromatic carbocycles. The highest BCUT2D eigenvalue weighted by Gasteiger charge is 2.34. The summed E-state index contributed by atoms with van der Waals surface area (Å²) in [5, 5.41) is 6.84. The van der Waals surface area contributed by atoms with Gasteiger partial charge in [-0.3, -0.25) is 10.1 Å². The highest BCUT2D eigenvalue weighted by molar-refractivity contribution is 6.14. The van der Waals surface area contributed by atoms with E-state index in [4.69, 9.17) is 0 Å².